The fraction of sp³-hybridized carbons (Fsp3) is 0.828. The molecule has 11 N–H and O–H groups in total. The van der Waals surface area contributed by atoms with Crippen molar-refractivity contribution in [3.05, 3.63) is 0 Å². The SMILES string of the molecule is CCCCCCCCCCCCNC(=S)NCCCC[C@H](NS(C)(=O)=O)C(=O)N[C@@H](C)C(=O)N[C@@H](CCCN=C(N)N)C(N)=O. The third kappa shape index (κ3) is 25.2. The second-order valence-electron chi connectivity index (χ2n) is 11.4. The zero-order valence-electron chi connectivity index (χ0n) is 27.5. The number of sulfonamides is 1. The Morgan fingerprint density at radius 1 is 0.733 bits per heavy atom. The summed E-state index contributed by atoms with van der Waals surface area (Å²) in [5, 5.41) is 11.9. The standard InChI is InChI=1S/C29H59N9O5S2/c1-4-5-6-7-8-9-10-11-12-14-19-34-29(44)35-20-15-13-17-24(38-45(3,42)43)27(41)36-22(2)26(40)37-23(25(30)39)18-16-21-33-28(31)32/h22-24,38H,4-21H2,1-3H3,(H2,30,39)(H,36,41)(H,37,40)(H4,31,32,33)(H2,34,35,44)/t22-,23-,24-/m0/s1. The molecule has 0 aliphatic carbocycles. The number of thiocarbonyl (C=S) groups is 1. The summed E-state index contributed by atoms with van der Waals surface area (Å²) in [7, 11) is -3.70. The minimum absolute atomic E-state index is 0.0882. The smallest absolute Gasteiger partial charge is 0.242 e. The Balaban J connectivity index is 4.44. The van der Waals surface area contributed by atoms with Crippen molar-refractivity contribution in [3.63, 3.8) is 0 Å². The first-order chi connectivity index (χ1) is 21.3. The Labute approximate surface area is 275 Å². The van der Waals surface area contributed by atoms with E-state index in [1.165, 1.54) is 64.7 Å². The maximum atomic E-state index is 12.9. The number of nitrogens with one attached hydrogen (secondary N) is 5. The van der Waals surface area contributed by atoms with E-state index >= 15 is 0 Å². The molecule has 0 saturated carbocycles. The molecule has 0 spiro atoms. The Bertz CT molecular complexity index is 1010. The molecule has 0 saturated heterocycles. The quantitative estimate of drug-likeness (QED) is 0.0266. The lowest BCUT2D eigenvalue weighted by molar-refractivity contribution is -0.131. The van der Waals surface area contributed by atoms with E-state index in [1.54, 1.807) is 0 Å². The zero-order valence-corrected chi connectivity index (χ0v) is 29.1. The van der Waals surface area contributed by atoms with Crippen molar-refractivity contribution in [2.45, 2.75) is 128 Å². The van der Waals surface area contributed by atoms with Crippen LogP contribution < -0.4 is 43.2 Å². The molecule has 3 amide bonds. The summed E-state index contributed by atoms with van der Waals surface area (Å²) in [5.41, 5.74) is 15.9. The van der Waals surface area contributed by atoms with Crippen LogP contribution in [0, 0.1) is 0 Å². The van der Waals surface area contributed by atoms with Gasteiger partial charge in [0.05, 0.1) is 6.26 Å². The normalized spacial score (nSPS) is 13.2. The second-order valence-corrected chi connectivity index (χ2v) is 13.6. The molecule has 262 valence electrons. The van der Waals surface area contributed by atoms with Crippen LogP contribution in [0.1, 0.15) is 110 Å². The van der Waals surface area contributed by atoms with Crippen molar-refractivity contribution < 1.29 is 22.8 Å². The molecule has 3 atom stereocenters. The monoisotopic (exact) mass is 677 g/mol. The summed E-state index contributed by atoms with van der Waals surface area (Å²) >= 11 is 5.34. The molecule has 0 unspecified atom stereocenters. The third-order valence-electron chi connectivity index (χ3n) is 7.05. The van der Waals surface area contributed by atoms with E-state index in [-0.39, 0.29) is 25.3 Å². The predicted octanol–water partition coefficient (Wildman–Crippen LogP) is 0.988. The molecule has 0 aromatic carbocycles. The molecular weight excluding hydrogens is 619 g/mol. The first-order valence-electron chi connectivity index (χ1n) is 16.2. The van der Waals surface area contributed by atoms with E-state index in [2.05, 4.69) is 37.9 Å². The molecule has 16 heteroatoms. The Kier molecular flexibility index (Phi) is 23.9. The summed E-state index contributed by atoms with van der Waals surface area (Å²) in [6.45, 7) is 5.29. The summed E-state index contributed by atoms with van der Waals surface area (Å²) in [6.07, 6.45) is 15.7. The molecular formula is C29H59N9O5S2. The Hall–Kier alpha value is -2.72. The van der Waals surface area contributed by atoms with Gasteiger partial charge < -0.3 is 38.5 Å². The number of hydrogen-bond acceptors (Lipinski definition) is 7. The van der Waals surface area contributed by atoms with Crippen LogP contribution in [0.25, 0.3) is 0 Å². The van der Waals surface area contributed by atoms with E-state index in [4.69, 9.17) is 29.4 Å². The van der Waals surface area contributed by atoms with E-state index in [0.29, 0.717) is 30.9 Å². The van der Waals surface area contributed by atoms with Gasteiger partial charge in [0.15, 0.2) is 11.1 Å². The highest BCUT2D eigenvalue weighted by Gasteiger charge is 2.27. The van der Waals surface area contributed by atoms with Gasteiger partial charge in [0, 0.05) is 19.6 Å². The molecule has 0 aromatic rings. The van der Waals surface area contributed by atoms with E-state index in [1.807, 2.05) is 0 Å². The number of hydrogen-bond donors (Lipinski definition) is 8. The minimum atomic E-state index is -3.70. The highest BCUT2D eigenvalue weighted by molar-refractivity contribution is 7.88. The van der Waals surface area contributed by atoms with Gasteiger partial charge in [-0.25, -0.2) is 13.1 Å². The number of rotatable bonds is 27. The zero-order chi connectivity index (χ0) is 34.1. The molecule has 14 nitrogen and oxygen atoms in total. The van der Waals surface area contributed by atoms with Crippen molar-refractivity contribution in [1.29, 1.82) is 0 Å². The number of carbonyl (C=O) groups is 3. The molecule has 0 rings (SSSR count). The number of amides is 3. The van der Waals surface area contributed by atoms with Crippen LogP contribution in [0.15, 0.2) is 4.99 Å². The van der Waals surface area contributed by atoms with Crippen molar-refractivity contribution >= 4 is 51.0 Å². The van der Waals surface area contributed by atoms with Crippen molar-refractivity contribution in [2.75, 3.05) is 25.9 Å². The third-order valence-corrected chi connectivity index (χ3v) is 8.05. The predicted molar refractivity (Wildman–Crippen MR) is 185 cm³/mol. The summed E-state index contributed by atoms with van der Waals surface area (Å²) in [6, 6.07) is -3.12. The average Bonchev–Trinajstić information content (AvgIpc) is 2.95. The van der Waals surface area contributed by atoms with Crippen LogP contribution >= 0.6 is 12.2 Å². The molecule has 0 aliphatic heterocycles. The minimum Gasteiger partial charge on any atom is -0.370 e. The summed E-state index contributed by atoms with van der Waals surface area (Å²) in [4.78, 5) is 41.1. The van der Waals surface area contributed by atoms with Crippen LogP contribution in [-0.4, -0.2) is 81.2 Å². The summed E-state index contributed by atoms with van der Waals surface area (Å²) in [5.74, 6) is -2.14. The fourth-order valence-electron chi connectivity index (χ4n) is 4.52. The number of unbranched alkanes of at least 4 members (excludes halogenated alkanes) is 10. The van der Waals surface area contributed by atoms with Crippen LogP contribution in [0.2, 0.25) is 0 Å². The molecule has 0 aromatic heterocycles. The molecule has 0 bridgehead atoms. The molecule has 0 heterocycles. The number of primary amides is 1. The molecule has 45 heavy (non-hydrogen) atoms. The number of guanidine groups is 1. The van der Waals surface area contributed by atoms with Gasteiger partial charge in [-0.05, 0) is 57.7 Å². The van der Waals surface area contributed by atoms with Crippen molar-refractivity contribution in [3.8, 4) is 0 Å². The van der Waals surface area contributed by atoms with Crippen molar-refractivity contribution in [2.24, 2.45) is 22.2 Å². The van der Waals surface area contributed by atoms with Crippen molar-refractivity contribution in [1.82, 2.24) is 26.0 Å². The van der Waals surface area contributed by atoms with Crippen LogP contribution in [-0.2, 0) is 24.4 Å². The lowest BCUT2D eigenvalue weighted by Crippen LogP contribution is -2.55. The van der Waals surface area contributed by atoms with Gasteiger partial charge in [0.25, 0.3) is 0 Å². The van der Waals surface area contributed by atoms with Gasteiger partial charge in [-0.1, -0.05) is 64.7 Å². The van der Waals surface area contributed by atoms with Gasteiger partial charge in [-0.15, -0.1) is 0 Å². The topological polar surface area (TPSA) is 236 Å². The van der Waals surface area contributed by atoms with E-state index < -0.39 is 45.9 Å². The van der Waals surface area contributed by atoms with Gasteiger partial charge in [-0.2, -0.15) is 0 Å². The molecule has 0 fully saturated rings. The van der Waals surface area contributed by atoms with Crippen LogP contribution in [0.3, 0.4) is 0 Å². The highest BCUT2D eigenvalue weighted by Crippen LogP contribution is 2.10. The van der Waals surface area contributed by atoms with Gasteiger partial charge in [0.2, 0.25) is 27.7 Å². The van der Waals surface area contributed by atoms with Crippen LogP contribution in [0.4, 0.5) is 0 Å². The first-order valence-corrected chi connectivity index (χ1v) is 18.5. The Morgan fingerprint density at radius 3 is 1.76 bits per heavy atom. The number of nitrogens with zero attached hydrogens (tertiary/aromatic N) is 1. The molecule has 0 radical (unpaired) electrons. The maximum absolute atomic E-state index is 12.9. The fourth-order valence-corrected chi connectivity index (χ4v) is 5.47. The first kappa shape index (κ1) is 42.3. The lowest BCUT2D eigenvalue weighted by atomic mass is 10.1. The lowest BCUT2D eigenvalue weighted by Gasteiger charge is -2.22. The van der Waals surface area contributed by atoms with Gasteiger partial charge >= 0.3 is 0 Å². The highest BCUT2D eigenvalue weighted by atomic mass is 32.2. The Morgan fingerprint density at radius 2 is 1.24 bits per heavy atom. The maximum Gasteiger partial charge on any atom is 0.242 e. The molecule has 0 aliphatic rings. The van der Waals surface area contributed by atoms with Crippen LogP contribution in [0.5, 0.6) is 0 Å². The van der Waals surface area contributed by atoms with Gasteiger partial charge in [-0.3, -0.25) is 19.4 Å². The number of aliphatic imine (C=N–C) groups is 1. The summed E-state index contributed by atoms with van der Waals surface area (Å²) < 4.78 is 26.1. The van der Waals surface area contributed by atoms with E-state index in [0.717, 1.165) is 19.2 Å². The van der Waals surface area contributed by atoms with Gasteiger partial charge in [0.1, 0.15) is 18.1 Å². The number of nitrogens with two attached hydrogens (primary N) is 3. The largest absolute Gasteiger partial charge is 0.370 e. The second kappa shape index (κ2) is 25.5. The average molecular weight is 678 g/mol. The number of carbonyl (C=O) groups excluding carboxylic acids is 3. The van der Waals surface area contributed by atoms with E-state index in [9.17, 15) is 22.8 Å².